The predicted octanol–water partition coefficient (Wildman–Crippen LogP) is 1.90. The molecule has 0 spiro atoms. The first-order valence-electron chi connectivity index (χ1n) is 12.4. The van der Waals surface area contributed by atoms with E-state index in [1.165, 1.54) is 0 Å². The highest BCUT2D eigenvalue weighted by Gasteiger charge is 2.31. The number of hydrogen-bond donors (Lipinski definition) is 1. The predicted molar refractivity (Wildman–Crippen MR) is 131 cm³/mol. The van der Waals surface area contributed by atoms with Crippen LogP contribution >= 0.6 is 0 Å². The van der Waals surface area contributed by atoms with Crippen molar-refractivity contribution in [2.45, 2.75) is 65.5 Å². The molecule has 4 rings (SSSR count). The van der Waals surface area contributed by atoms with E-state index in [-0.39, 0.29) is 23.9 Å². The number of anilines is 2. The Morgan fingerprint density at radius 3 is 2.37 bits per heavy atom. The Balaban J connectivity index is 1.29. The summed E-state index contributed by atoms with van der Waals surface area (Å²) in [6.07, 6.45) is 6.42. The van der Waals surface area contributed by atoms with Crippen LogP contribution in [0.3, 0.4) is 0 Å². The molecule has 0 aliphatic carbocycles. The van der Waals surface area contributed by atoms with Crippen LogP contribution in [0, 0.1) is 5.41 Å². The number of carbonyl (C=O) groups is 2. The van der Waals surface area contributed by atoms with Crippen molar-refractivity contribution in [3.8, 4) is 0 Å². The van der Waals surface area contributed by atoms with Crippen molar-refractivity contribution in [2.75, 3.05) is 43.0 Å². The highest BCUT2D eigenvalue weighted by Crippen LogP contribution is 2.23. The van der Waals surface area contributed by atoms with Crippen LogP contribution in [0.25, 0.3) is 0 Å². The van der Waals surface area contributed by atoms with Gasteiger partial charge in [0.15, 0.2) is 5.82 Å². The summed E-state index contributed by atoms with van der Waals surface area (Å²) < 4.78 is 5.34. The van der Waals surface area contributed by atoms with E-state index in [0.717, 1.165) is 45.3 Å². The molecule has 2 aromatic heterocycles. The molecule has 2 aromatic rings. The minimum Gasteiger partial charge on any atom is -0.351 e. The third-order valence-corrected chi connectivity index (χ3v) is 6.75. The smallest absolute Gasteiger partial charge is 0.324 e. The largest absolute Gasteiger partial charge is 0.351 e. The molecular weight excluding hydrogens is 448 g/mol. The monoisotopic (exact) mass is 484 g/mol. The number of aromatic nitrogens is 4. The molecular formula is C24H36N8O3. The van der Waals surface area contributed by atoms with Crippen LogP contribution in [0.2, 0.25) is 0 Å². The molecule has 2 saturated heterocycles. The zero-order valence-electron chi connectivity index (χ0n) is 21.3. The zero-order chi connectivity index (χ0) is 25.2. The molecule has 0 bridgehead atoms. The number of hydrogen-bond acceptors (Lipinski definition) is 9. The van der Waals surface area contributed by atoms with Gasteiger partial charge in [0.1, 0.15) is 0 Å². The van der Waals surface area contributed by atoms with Crippen molar-refractivity contribution in [2.24, 2.45) is 5.41 Å². The summed E-state index contributed by atoms with van der Waals surface area (Å²) in [6.45, 7) is 10.6. The molecule has 1 unspecified atom stereocenters. The second-order valence-corrected chi connectivity index (χ2v) is 10.4. The number of rotatable bonds is 6. The number of nitrogens with zero attached hydrogens (tertiary/aromatic N) is 7. The molecule has 35 heavy (non-hydrogen) atoms. The first-order chi connectivity index (χ1) is 16.7. The van der Waals surface area contributed by atoms with Crippen molar-refractivity contribution >= 4 is 23.8 Å². The van der Waals surface area contributed by atoms with Crippen LogP contribution in [-0.4, -0.2) is 82.1 Å². The molecule has 2 aliphatic heterocycles. The van der Waals surface area contributed by atoms with Gasteiger partial charge in [-0.05, 0) is 19.3 Å². The molecule has 1 N–H and O–H groups in total. The van der Waals surface area contributed by atoms with Gasteiger partial charge in [0.2, 0.25) is 11.9 Å². The van der Waals surface area contributed by atoms with E-state index in [1.807, 2.05) is 39.6 Å². The van der Waals surface area contributed by atoms with Gasteiger partial charge in [-0.1, -0.05) is 32.9 Å². The Bertz CT molecular complexity index is 1020. The molecule has 1 atom stereocenters. The van der Waals surface area contributed by atoms with Crippen molar-refractivity contribution in [3.63, 3.8) is 0 Å². The van der Waals surface area contributed by atoms with Gasteiger partial charge >= 0.3 is 6.01 Å². The quantitative estimate of drug-likeness (QED) is 0.655. The molecule has 0 saturated carbocycles. The summed E-state index contributed by atoms with van der Waals surface area (Å²) in [6, 6.07) is 0.752. The summed E-state index contributed by atoms with van der Waals surface area (Å²) in [7, 11) is 1.83. The Hall–Kier alpha value is -3.24. The highest BCUT2D eigenvalue weighted by atomic mass is 16.5. The van der Waals surface area contributed by atoms with Crippen LogP contribution < -0.4 is 15.1 Å². The maximum Gasteiger partial charge on any atom is 0.324 e. The van der Waals surface area contributed by atoms with E-state index in [1.54, 1.807) is 17.3 Å². The van der Waals surface area contributed by atoms with Gasteiger partial charge in [-0.2, -0.15) is 4.98 Å². The molecule has 2 amide bonds. The van der Waals surface area contributed by atoms with Gasteiger partial charge < -0.3 is 24.5 Å². The van der Waals surface area contributed by atoms with Gasteiger partial charge in [-0.25, -0.2) is 9.97 Å². The van der Waals surface area contributed by atoms with Crippen LogP contribution in [0.15, 0.2) is 16.9 Å². The lowest BCUT2D eigenvalue weighted by atomic mass is 9.95. The Kier molecular flexibility index (Phi) is 7.23. The molecule has 11 heteroatoms. The maximum atomic E-state index is 13.1. The van der Waals surface area contributed by atoms with E-state index in [4.69, 9.17) is 4.52 Å². The van der Waals surface area contributed by atoms with Crippen molar-refractivity contribution in [1.29, 1.82) is 0 Å². The minimum absolute atomic E-state index is 0.0443. The minimum atomic E-state index is -0.417. The fourth-order valence-electron chi connectivity index (χ4n) is 4.39. The van der Waals surface area contributed by atoms with E-state index in [0.29, 0.717) is 29.9 Å². The average Bonchev–Trinajstić information content (AvgIpc) is 3.53. The van der Waals surface area contributed by atoms with E-state index in [2.05, 4.69) is 30.3 Å². The molecule has 2 fully saturated rings. The number of carbonyl (C=O) groups excluding carboxylic acids is 2. The molecule has 4 heterocycles. The van der Waals surface area contributed by atoms with E-state index >= 15 is 0 Å². The van der Waals surface area contributed by atoms with Crippen molar-refractivity contribution in [1.82, 2.24) is 30.3 Å². The van der Waals surface area contributed by atoms with E-state index in [9.17, 15) is 9.59 Å². The van der Waals surface area contributed by atoms with Gasteiger partial charge in [-0.15, -0.1) is 0 Å². The topological polar surface area (TPSA) is 121 Å². The lowest BCUT2D eigenvalue weighted by molar-refractivity contribution is -0.129. The Morgan fingerprint density at radius 2 is 1.77 bits per heavy atom. The van der Waals surface area contributed by atoms with Crippen LogP contribution in [-0.2, 0) is 11.2 Å². The first kappa shape index (κ1) is 24.9. The lowest BCUT2D eigenvalue weighted by Gasteiger charge is -2.35. The lowest BCUT2D eigenvalue weighted by Crippen LogP contribution is -2.45. The standard InChI is InChI=1S/C24H36N8O3/c1-6-19-28-23(35-29-19)31-11-8-18(9-12-31)30(5)20(33)16-13-25-22(26-14-16)32-10-7-17(15-32)27-21(34)24(2,3)4/h13-14,17-18H,6-12,15H2,1-5H3,(H,27,34). The second-order valence-electron chi connectivity index (χ2n) is 10.4. The fraction of sp³-hybridized carbons (Fsp3) is 0.667. The Labute approximate surface area is 206 Å². The normalized spacial score (nSPS) is 19.2. The average molecular weight is 485 g/mol. The summed E-state index contributed by atoms with van der Waals surface area (Å²) in [5, 5.41) is 7.07. The summed E-state index contributed by atoms with van der Waals surface area (Å²) in [5.74, 6) is 1.24. The van der Waals surface area contributed by atoms with Crippen LogP contribution in [0.5, 0.6) is 0 Å². The SMILES string of the molecule is CCc1noc(N2CCC(N(C)C(=O)c3cnc(N4CCC(NC(=O)C(C)(C)C)C4)nc3)CC2)n1. The second kappa shape index (κ2) is 10.2. The number of amides is 2. The third-order valence-electron chi connectivity index (χ3n) is 6.75. The number of nitrogens with one attached hydrogen (secondary N) is 1. The van der Waals surface area contributed by atoms with Crippen LogP contribution in [0.1, 0.15) is 63.1 Å². The first-order valence-corrected chi connectivity index (χ1v) is 12.4. The zero-order valence-corrected chi connectivity index (χ0v) is 21.3. The van der Waals surface area contributed by atoms with Gasteiger partial charge in [0, 0.05) is 69.5 Å². The summed E-state index contributed by atoms with van der Waals surface area (Å²) in [4.78, 5) is 44.5. The maximum absolute atomic E-state index is 13.1. The molecule has 0 radical (unpaired) electrons. The Morgan fingerprint density at radius 1 is 1.11 bits per heavy atom. The summed E-state index contributed by atoms with van der Waals surface area (Å²) >= 11 is 0. The van der Waals surface area contributed by atoms with Crippen LogP contribution in [0.4, 0.5) is 12.0 Å². The number of aryl methyl sites for hydroxylation is 1. The van der Waals surface area contributed by atoms with E-state index < -0.39 is 5.41 Å². The van der Waals surface area contributed by atoms with Crippen molar-refractivity contribution < 1.29 is 14.1 Å². The van der Waals surface area contributed by atoms with Gasteiger partial charge in [0.25, 0.3) is 5.91 Å². The molecule has 190 valence electrons. The van der Waals surface area contributed by atoms with Crippen molar-refractivity contribution in [3.05, 3.63) is 23.8 Å². The molecule has 2 aliphatic rings. The van der Waals surface area contributed by atoms with Gasteiger partial charge in [0.05, 0.1) is 5.56 Å². The molecule has 0 aromatic carbocycles. The third kappa shape index (κ3) is 5.71. The van der Waals surface area contributed by atoms with Gasteiger partial charge in [-0.3, -0.25) is 9.59 Å². The fourth-order valence-corrected chi connectivity index (χ4v) is 4.39. The molecule has 11 nitrogen and oxygen atoms in total. The summed E-state index contributed by atoms with van der Waals surface area (Å²) in [5.41, 5.74) is 0.0555. The number of piperidine rings is 1. The highest BCUT2D eigenvalue weighted by molar-refractivity contribution is 5.93.